The molecule has 0 atom stereocenters. The van der Waals surface area contributed by atoms with E-state index in [0.717, 1.165) is 67.3 Å². The summed E-state index contributed by atoms with van der Waals surface area (Å²) in [6, 6.07) is 6.54. The highest BCUT2D eigenvalue weighted by atomic mass is 16.1. The number of carbonyl (C=O) groups excluding carboxylic acids is 1. The van der Waals surface area contributed by atoms with Crippen molar-refractivity contribution in [2.75, 3.05) is 37.4 Å². The Balaban J connectivity index is 1.50. The second-order valence-electron chi connectivity index (χ2n) is 10.4. The van der Waals surface area contributed by atoms with Crippen molar-refractivity contribution in [3.63, 3.8) is 0 Å². The summed E-state index contributed by atoms with van der Waals surface area (Å²) in [7, 11) is 6.08. The summed E-state index contributed by atoms with van der Waals surface area (Å²) >= 11 is 0. The van der Waals surface area contributed by atoms with E-state index in [9.17, 15) is 4.79 Å². The van der Waals surface area contributed by atoms with Gasteiger partial charge in [0.2, 0.25) is 5.91 Å². The minimum Gasteiger partial charge on any atom is -0.374 e. The average molecular weight is 475 g/mol. The predicted molar refractivity (Wildman–Crippen MR) is 143 cm³/mol. The number of nitrogens with one attached hydrogen (secondary N) is 1. The van der Waals surface area contributed by atoms with Gasteiger partial charge in [0.25, 0.3) is 0 Å². The minimum absolute atomic E-state index is 0.0929. The highest BCUT2D eigenvalue weighted by Crippen LogP contribution is 2.36. The molecular formula is C28H38N6O. The van der Waals surface area contributed by atoms with Gasteiger partial charge in [0.15, 0.2) is 5.82 Å². The standard InChI is InChI=1S/C28H38N6O/c1-32(2)26-23-16-21(24-18-30-33(3)25(24)19-34-14-8-5-9-15-34)12-13-22(23)17-29-27(26)31-28(35)20-10-6-4-7-11-20/h12-13,16-18,20H,4-11,14-15,19H2,1-3H3,(H,29,31,35). The van der Waals surface area contributed by atoms with Crippen LogP contribution in [0.25, 0.3) is 21.9 Å². The summed E-state index contributed by atoms with van der Waals surface area (Å²) in [5.41, 5.74) is 4.53. The fourth-order valence-corrected chi connectivity index (χ4v) is 5.71. The average Bonchev–Trinajstić information content (AvgIpc) is 3.24. The van der Waals surface area contributed by atoms with E-state index in [2.05, 4.69) is 43.4 Å². The number of amides is 1. The maximum Gasteiger partial charge on any atom is 0.228 e. The molecule has 1 aromatic carbocycles. The highest BCUT2D eigenvalue weighted by molar-refractivity contribution is 6.04. The van der Waals surface area contributed by atoms with Gasteiger partial charge in [0, 0.05) is 56.1 Å². The Bertz CT molecular complexity index is 1190. The second kappa shape index (κ2) is 10.4. The molecule has 1 amide bonds. The number of hydrogen-bond acceptors (Lipinski definition) is 5. The van der Waals surface area contributed by atoms with E-state index >= 15 is 0 Å². The molecule has 0 bridgehead atoms. The molecule has 0 radical (unpaired) electrons. The van der Waals surface area contributed by atoms with Gasteiger partial charge >= 0.3 is 0 Å². The quantitative estimate of drug-likeness (QED) is 0.532. The molecule has 7 heteroatoms. The van der Waals surface area contributed by atoms with Crippen LogP contribution < -0.4 is 10.2 Å². The monoisotopic (exact) mass is 474 g/mol. The summed E-state index contributed by atoms with van der Waals surface area (Å²) in [6.45, 7) is 3.23. The van der Waals surface area contributed by atoms with Gasteiger partial charge in [-0.25, -0.2) is 4.98 Å². The zero-order chi connectivity index (χ0) is 24.4. The van der Waals surface area contributed by atoms with Crippen LogP contribution in [-0.2, 0) is 18.4 Å². The fraction of sp³-hybridized carbons (Fsp3) is 0.536. The van der Waals surface area contributed by atoms with Crippen LogP contribution in [0.1, 0.15) is 57.1 Å². The summed E-state index contributed by atoms with van der Waals surface area (Å²) in [4.78, 5) is 22.3. The van der Waals surface area contributed by atoms with E-state index in [1.165, 1.54) is 36.9 Å². The molecular weight excluding hydrogens is 436 g/mol. The van der Waals surface area contributed by atoms with Gasteiger partial charge < -0.3 is 10.2 Å². The summed E-state index contributed by atoms with van der Waals surface area (Å²) in [6.07, 6.45) is 13.2. The number of aryl methyl sites for hydroxylation is 1. The maximum absolute atomic E-state index is 13.0. The summed E-state index contributed by atoms with van der Waals surface area (Å²) in [5, 5.41) is 9.94. The van der Waals surface area contributed by atoms with Crippen molar-refractivity contribution in [1.82, 2.24) is 19.7 Å². The molecule has 0 spiro atoms. The Hall–Kier alpha value is -2.93. The van der Waals surface area contributed by atoms with Crippen LogP contribution >= 0.6 is 0 Å². The zero-order valence-electron chi connectivity index (χ0n) is 21.4. The third kappa shape index (κ3) is 5.06. The SMILES string of the molecule is CN(C)c1c(NC(=O)C2CCCCC2)ncc2ccc(-c3cnn(C)c3CN3CCCCC3)cc12. The van der Waals surface area contributed by atoms with Gasteiger partial charge in [-0.15, -0.1) is 0 Å². The van der Waals surface area contributed by atoms with Gasteiger partial charge in [0.05, 0.1) is 17.6 Å². The lowest BCUT2D eigenvalue weighted by atomic mass is 9.88. The molecule has 2 aliphatic rings. The Morgan fingerprint density at radius 1 is 1.06 bits per heavy atom. The van der Waals surface area contributed by atoms with Crippen molar-refractivity contribution in [1.29, 1.82) is 0 Å². The number of hydrogen-bond donors (Lipinski definition) is 1. The molecule has 7 nitrogen and oxygen atoms in total. The molecule has 3 heterocycles. The molecule has 1 N–H and O–H groups in total. The van der Waals surface area contributed by atoms with Gasteiger partial charge in [-0.05, 0) is 50.4 Å². The molecule has 5 rings (SSSR count). The number of nitrogens with zero attached hydrogens (tertiary/aromatic N) is 5. The lowest BCUT2D eigenvalue weighted by molar-refractivity contribution is -0.120. The van der Waals surface area contributed by atoms with Gasteiger partial charge in [-0.2, -0.15) is 5.10 Å². The molecule has 2 aromatic heterocycles. The molecule has 1 aliphatic carbocycles. The van der Waals surface area contributed by atoms with Gasteiger partial charge in [-0.3, -0.25) is 14.4 Å². The highest BCUT2D eigenvalue weighted by Gasteiger charge is 2.24. The number of aromatic nitrogens is 3. The lowest BCUT2D eigenvalue weighted by Gasteiger charge is -2.27. The van der Waals surface area contributed by atoms with E-state index in [1.807, 2.05) is 38.2 Å². The third-order valence-corrected chi connectivity index (χ3v) is 7.72. The Morgan fingerprint density at radius 3 is 2.54 bits per heavy atom. The number of anilines is 2. The van der Waals surface area contributed by atoms with Crippen LogP contribution in [0.3, 0.4) is 0 Å². The third-order valence-electron chi connectivity index (χ3n) is 7.72. The summed E-state index contributed by atoms with van der Waals surface area (Å²) < 4.78 is 2.02. The number of pyridine rings is 1. The van der Waals surface area contributed by atoms with E-state index in [4.69, 9.17) is 0 Å². The molecule has 35 heavy (non-hydrogen) atoms. The van der Waals surface area contributed by atoms with Crippen LogP contribution in [0.5, 0.6) is 0 Å². The van der Waals surface area contributed by atoms with Crippen molar-refractivity contribution in [2.24, 2.45) is 13.0 Å². The van der Waals surface area contributed by atoms with Gasteiger partial charge in [0.1, 0.15) is 0 Å². The van der Waals surface area contributed by atoms with E-state index < -0.39 is 0 Å². The minimum atomic E-state index is 0.0929. The number of benzene rings is 1. The Labute approximate surface area is 208 Å². The fourth-order valence-electron chi connectivity index (χ4n) is 5.71. The van der Waals surface area contributed by atoms with Crippen LogP contribution in [0.15, 0.2) is 30.6 Å². The molecule has 3 aromatic rings. The lowest BCUT2D eigenvalue weighted by Crippen LogP contribution is -2.30. The summed E-state index contributed by atoms with van der Waals surface area (Å²) in [5.74, 6) is 0.845. The van der Waals surface area contributed by atoms with Crippen LogP contribution in [-0.4, -0.2) is 52.8 Å². The molecule has 186 valence electrons. The maximum atomic E-state index is 13.0. The van der Waals surface area contributed by atoms with Crippen LogP contribution in [0.2, 0.25) is 0 Å². The number of carbonyl (C=O) groups is 1. The van der Waals surface area contributed by atoms with E-state index in [-0.39, 0.29) is 11.8 Å². The zero-order valence-corrected chi connectivity index (χ0v) is 21.4. The van der Waals surface area contributed by atoms with E-state index in [1.54, 1.807) is 0 Å². The second-order valence-corrected chi connectivity index (χ2v) is 10.4. The van der Waals surface area contributed by atoms with Crippen LogP contribution in [0, 0.1) is 5.92 Å². The molecule has 1 aliphatic heterocycles. The van der Waals surface area contributed by atoms with Crippen molar-refractivity contribution < 1.29 is 4.79 Å². The van der Waals surface area contributed by atoms with E-state index in [0.29, 0.717) is 5.82 Å². The van der Waals surface area contributed by atoms with Crippen molar-refractivity contribution in [3.05, 3.63) is 36.3 Å². The first kappa shape index (κ1) is 23.8. The first-order valence-corrected chi connectivity index (χ1v) is 13.2. The van der Waals surface area contributed by atoms with Gasteiger partial charge in [-0.1, -0.05) is 37.8 Å². The Kier molecular flexibility index (Phi) is 7.04. The largest absolute Gasteiger partial charge is 0.374 e. The number of rotatable bonds is 6. The number of likely N-dealkylation sites (tertiary alicyclic amines) is 1. The van der Waals surface area contributed by atoms with Crippen molar-refractivity contribution in [2.45, 2.75) is 57.9 Å². The normalized spacial score (nSPS) is 17.6. The molecule has 0 unspecified atom stereocenters. The van der Waals surface area contributed by atoms with Crippen molar-refractivity contribution in [3.8, 4) is 11.1 Å². The predicted octanol–water partition coefficient (Wildman–Crippen LogP) is 5.21. The smallest absolute Gasteiger partial charge is 0.228 e. The number of piperidine rings is 1. The molecule has 2 fully saturated rings. The number of fused-ring (bicyclic) bond motifs is 1. The molecule has 1 saturated heterocycles. The molecule has 1 saturated carbocycles. The Morgan fingerprint density at radius 2 is 1.80 bits per heavy atom. The van der Waals surface area contributed by atoms with Crippen molar-refractivity contribution >= 4 is 28.2 Å². The van der Waals surface area contributed by atoms with Crippen LogP contribution in [0.4, 0.5) is 11.5 Å². The topological polar surface area (TPSA) is 66.3 Å². The first-order valence-electron chi connectivity index (χ1n) is 13.2. The first-order chi connectivity index (χ1) is 17.0.